The summed E-state index contributed by atoms with van der Waals surface area (Å²) in [5.41, 5.74) is 1.87. The van der Waals surface area contributed by atoms with E-state index in [1.165, 1.54) is 24.3 Å². The molecule has 0 aliphatic rings. The molecule has 0 saturated heterocycles. The lowest BCUT2D eigenvalue weighted by atomic mass is 10.1. The Morgan fingerprint density at radius 1 is 1.08 bits per heavy atom. The number of carbonyl (C=O) groups excluding carboxylic acids is 1. The van der Waals surface area contributed by atoms with Crippen molar-refractivity contribution in [3.63, 3.8) is 0 Å². The highest BCUT2D eigenvalue weighted by Gasteiger charge is 2.15. The molecule has 5 heteroatoms. The van der Waals surface area contributed by atoms with E-state index in [0.717, 1.165) is 11.1 Å². The molecule has 2 rings (SSSR count). The van der Waals surface area contributed by atoms with Gasteiger partial charge in [-0.3, -0.25) is 4.79 Å². The molecule has 0 atom stereocenters. The molecular weight excluding hydrogens is 314 g/mol. The van der Waals surface area contributed by atoms with Gasteiger partial charge in [0.05, 0.1) is 5.56 Å². The normalized spacial score (nSPS) is 10.5. The lowest BCUT2D eigenvalue weighted by Crippen LogP contribution is -2.10. The van der Waals surface area contributed by atoms with Gasteiger partial charge in [-0.1, -0.05) is 19.9 Å². The van der Waals surface area contributed by atoms with Gasteiger partial charge < -0.3 is 9.47 Å². The molecule has 0 radical (unpaired) electrons. The van der Waals surface area contributed by atoms with Crippen LogP contribution in [-0.2, 0) is 17.8 Å². The van der Waals surface area contributed by atoms with Gasteiger partial charge in [0.25, 0.3) is 0 Å². The number of aryl methyl sites for hydroxylation is 2. The zero-order valence-corrected chi connectivity index (χ0v) is 14.0. The Labute approximate surface area is 140 Å². The van der Waals surface area contributed by atoms with Crippen LogP contribution in [0.4, 0.5) is 8.78 Å². The molecule has 128 valence electrons. The Hall–Kier alpha value is -2.43. The summed E-state index contributed by atoms with van der Waals surface area (Å²) in [7, 11) is 0. The van der Waals surface area contributed by atoms with E-state index in [1.807, 2.05) is 13.8 Å². The fraction of sp³-hybridized carbons (Fsp3) is 0.316. The number of carbonyl (C=O) groups is 1. The minimum absolute atomic E-state index is 0.0423. The van der Waals surface area contributed by atoms with E-state index in [4.69, 9.17) is 9.47 Å². The first-order chi connectivity index (χ1) is 11.5. The molecule has 2 aromatic rings. The summed E-state index contributed by atoms with van der Waals surface area (Å²) in [5, 5.41) is 0. The van der Waals surface area contributed by atoms with Crippen LogP contribution < -0.4 is 9.47 Å². The lowest BCUT2D eigenvalue weighted by molar-refractivity contribution is -0.134. The molecule has 0 amide bonds. The Kier molecular flexibility index (Phi) is 5.90. The van der Waals surface area contributed by atoms with Crippen molar-refractivity contribution in [2.75, 3.05) is 0 Å². The van der Waals surface area contributed by atoms with Crippen LogP contribution in [0, 0.1) is 18.6 Å². The van der Waals surface area contributed by atoms with Crippen LogP contribution in [0.1, 0.15) is 37.0 Å². The minimum Gasteiger partial charge on any atom is -0.486 e. The van der Waals surface area contributed by atoms with E-state index in [0.29, 0.717) is 6.42 Å². The van der Waals surface area contributed by atoms with Gasteiger partial charge in [-0.2, -0.15) is 0 Å². The number of hydrogen-bond acceptors (Lipinski definition) is 3. The highest BCUT2D eigenvalue weighted by atomic mass is 19.1. The van der Waals surface area contributed by atoms with Crippen LogP contribution >= 0.6 is 0 Å². The summed E-state index contributed by atoms with van der Waals surface area (Å²) in [5.74, 6) is -1.42. The summed E-state index contributed by atoms with van der Waals surface area (Å²) in [6.45, 7) is 5.21. The van der Waals surface area contributed by atoms with Gasteiger partial charge in [-0.15, -0.1) is 0 Å². The van der Waals surface area contributed by atoms with Crippen molar-refractivity contribution in [1.29, 1.82) is 0 Å². The standard InChI is InChI=1S/C19H20F2O3/c1-4-13-10-16(21)18(9-12(13)3)23-11-14-15(20)7-6-8-17(14)24-19(22)5-2/h6-10H,4-5,11H2,1-3H3. The Morgan fingerprint density at radius 3 is 2.50 bits per heavy atom. The summed E-state index contributed by atoms with van der Waals surface area (Å²) >= 11 is 0. The van der Waals surface area contributed by atoms with Crippen LogP contribution in [-0.4, -0.2) is 5.97 Å². The number of esters is 1. The van der Waals surface area contributed by atoms with Crippen molar-refractivity contribution < 1.29 is 23.0 Å². The van der Waals surface area contributed by atoms with E-state index in [2.05, 4.69) is 0 Å². The molecule has 2 aromatic carbocycles. The fourth-order valence-corrected chi connectivity index (χ4v) is 2.31. The molecule has 0 fully saturated rings. The highest BCUT2D eigenvalue weighted by Crippen LogP contribution is 2.27. The third-order valence-corrected chi connectivity index (χ3v) is 3.73. The van der Waals surface area contributed by atoms with Gasteiger partial charge in [0.1, 0.15) is 18.2 Å². The molecule has 0 aromatic heterocycles. The molecule has 0 bridgehead atoms. The molecule has 0 spiro atoms. The first-order valence-corrected chi connectivity index (χ1v) is 7.86. The van der Waals surface area contributed by atoms with Crippen molar-refractivity contribution >= 4 is 5.97 Å². The number of ether oxygens (including phenoxy) is 2. The van der Waals surface area contributed by atoms with E-state index in [9.17, 15) is 13.6 Å². The van der Waals surface area contributed by atoms with Crippen LogP contribution in [0.3, 0.4) is 0 Å². The SMILES string of the molecule is CCC(=O)Oc1cccc(F)c1COc1cc(C)c(CC)cc1F. The smallest absolute Gasteiger partial charge is 0.310 e. The monoisotopic (exact) mass is 334 g/mol. The van der Waals surface area contributed by atoms with Crippen LogP contribution in [0.15, 0.2) is 30.3 Å². The maximum atomic E-state index is 14.1. The first-order valence-electron chi connectivity index (χ1n) is 7.86. The van der Waals surface area contributed by atoms with Gasteiger partial charge >= 0.3 is 5.97 Å². The van der Waals surface area contributed by atoms with Crippen molar-refractivity contribution in [2.45, 2.75) is 40.2 Å². The Bertz CT molecular complexity index is 742. The van der Waals surface area contributed by atoms with Gasteiger partial charge in [0.2, 0.25) is 0 Å². The number of hydrogen-bond donors (Lipinski definition) is 0. The van der Waals surface area contributed by atoms with Gasteiger partial charge in [-0.25, -0.2) is 8.78 Å². The van der Waals surface area contributed by atoms with E-state index in [-0.39, 0.29) is 30.1 Å². The second-order valence-corrected chi connectivity index (χ2v) is 5.40. The zero-order chi connectivity index (χ0) is 17.7. The molecule has 0 unspecified atom stereocenters. The van der Waals surface area contributed by atoms with Gasteiger partial charge in [0, 0.05) is 6.42 Å². The van der Waals surface area contributed by atoms with E-state index < -0.39 is 17.6 Å². The molecule has 24 heavy (non-hydrogen) atoms. The lowest BCUT2D eigenvalue weighted by Gasteiger charge is -2.14. The molecule has 3 nitrogen and oxygen atoms in total. The maximum absolute atomic E-state index is 14.1. The van der Waals surface area contributed by atoms with E-state index >= 15 is 0 Å². The topological polar surface area (TPSA) is 35.5 Å². The second kappa shape index (κ2) is 7.90. The molecule has 0 aliphatic carbocycles. The molecule has 0 aliphatic heterocycles. The van der Waals surface area contributed by atoms with Crippen LogP contribution in [0.2, 0.25) is 0 Å². The van der Waals surface area contributed by atoms with Crippen molar-refractivity contribution in [3.8, 4) is 11.5 Å². The third kappa shape index (κ3) is 4.10. The molecule has 0 saturated carbocycles. The predicted molar refractivity (Wildman–Crippen MR) is 87.2 cm³/mol. The average molecular weight is 334 g/mol. The summed E-state index contributed by atoms with van der Waals surface area (Å²) in [6.07, 6.45) is 0.885. The number of rotatable bonds is 6. The molecule has 0 N–H and O–H groups in total. The van der Waals surface area contributed by atoms with Crippen molar-refractivity contribution in [2.24, 2.45) is 0 Å². The summed E-state index contributed by atoms with van der Waals surface area (Å²) in [6, 6.07) is 7.18. The second-order valence-electron chi connectivity index (χ2n) is 5.40. The Balaban J connectivity index is 2.23. The summed E-state index contributed by atoms with van der Waals surface area (Å²) < 4.78 is 38.7. The van der Waals surface area contributed by atoms with Crippen molar-refractivity contribution in [3.05, 3.63) is 58.7 Å². The average Bonchev–Trinajstić information content (AvgIpc) is 2.56. The molecule has 0 heterocycles. The predicted octanol–water partition coefficient (Wildman–Crippen LogP) is 4.73. The quantitative estimate of drug-likeness (QED) is 0.566. The first kappa shape index (κ1) is 17.9. The van der Waals surface area contributed by atoms with Crippen molar-refractivity contribution in [1.82, 2.24) is 0 Å². The molecular formula is C19H20F2O3. The fourth-order valence-electron chi connectivity index (χ4n) is 2.31. The van der Waals surface area contributed by atoms with E-state index in [1.54, 1.807) is 13.0 Å². The third-order valence-electron chi connectivity index (χ3n) is 3.73. The Morgan fingerprint density at radius 2 is 1.83 bits per heavy atom. The van der Waals surface area contributed by atoms with Gasteiger partial charge in [0.15, 0.2) is 11.6 Å². The maximum Gasteiger partial charge on any atom is 0.310 e. The van der Waals surface area contributed by atoms with Crippen LogP contribution in [0.25, 0.3) is 0 Å². The zero-order valence-electron chi connectivity index (χ0n) is 14.0. The highest BCUT2D eigenvalue weighted by molar-refractivity contribution is 5.72. The largest absolute Gasteiger partial charge is 0.486 e. The number of benzene rings is 2. The van der Waals surface area contributed by atoms with Gasteiger partial charge in [-0.05, 0) is 48.7 Å². The minimum atomic E-state index is -0.571. The summed E-state index contributed by atoms with van der Waals surface area (Å²) in [4.78, 5) is 11.4. The number of halogens is 2. The van der Waals surface area contributed by atoms with Crippen LogP contribution in [0.5, 0.6) is 11.5 Å².